The number of aliphatic carboxylic acids is 1. The van der Waals surface area contributed by atoms with E-state index in [-0.39, 0.29) is 5.91 Å². The zero-order valence-corrected chi connectivity index (χ0v) is 15.7. The van der Waals surface area contributed by atoms with Crippen molar-refractivity contribution in [1.29, 1.82) is 0 Å². The van der Waals surface area contributed by atoms with Crippen LogP contribution >= 0.6 is 11.6 Å². The Bertz CT molecular complexity index is 1020. The van der Waals surface area contributed by atoms with E-state index in [0.29, 0.717) is 17.4 Å². The lowest BCUT2D eigenvalue weighted by Crippen LogP contribution is -2.23. The molecule has 0 aliphatic heterocycles. The molecule has 0 saturated carbocycles. The van der Waals surface area contributed by atoms with Gasteiger partial charge in [-0.25, -0.2) is 4.79 Å². The number of halogens is 4. The highest BCUT2D eigenvalue weighted by molar-refractivity contribution is 6.31. The van der Waals surface area contributed by atoms with Gasteiger partial charge in [0.1, 0.15) is 0 Å². The molecule has 0 aliphatic rings. The van der Waals surface area contributed by atoms with E-state index in [1.807, 2.05) is 38.1 Å². The minimum atomic E-state index is -5.08. The molecule has 28 heavy (non-hydrogen) atoms. The number of carbonyl (C=O) groups is 2. The Hall–Kier alpha value is -2.81. The van der Waals surface area contributed by atoms with Crippen molar-refractivity contribution in [2.45, 2.75) is 26.4 Å². The topological polar surface area (TPSA) is 84.2 Å². The number of benzene rings is 1. The number of fused-ring (bicyclic) bond motifs is 3. The third-order valence-electron chi connectivity index (χ3n) is 3.60. The van der Waals surface area contributed by atoms with Crippen LogP contribution in [0.25, 0.3) is 21.8 Å². The van der Waals surface area contributed by atoms with Crippen LogP contribution in [0.3, 0.4) is 0 Å². The van der Waals surface area contributed by atoms with Crippen molar-refractivity contribution in [1.82, 2.24) is 9.66 Å². The number of pyridine rings is 1. The van der Waals surface area contributed by atoms with Crippen LogP contribution in [0.4, 0.5) is 13.2 Å². The Balaban J connectivity index is 0.000000345. The quantitative estimate of drug-likeness (QED) is 0.655. The van der Waals surface area contributed by atoms with Crippen molar-refractivity contribution in [3.05, 3.63) is 41.7 Å². The van der Waals surface area contributed by atoms with Crippen LogP contribution < -0.4 is 5.43 Å². The molecule has 0 saturated heterocycles. The van der Waals surface area contributed by atoms with Gasteiger partial charge in [-0.05, 0) is 24.1 Å². The second-order valence-corrected chi connectivity index (χ2v) is 6.76. The molecule has 3 aromatic rings. The average Bonchev–Trinajstić information content (AvgIpc) is 2.87. The lowest BCUT2D eigenvalue weighted by molar-refractivity contribution is -0.192. The van der Waals surface area contributed by atoms with Gasteiger partial charge in [0.25, 0.3) is 0 Å². The number of rotatable bonds is 3. The van der Waals surface area contributed by atoms with E-state index in [0.717, 1.165) is 21.8 Å². The van der Waals surface area contributed by atoms with Crippen LogP contribution in [-0.4, -0.2) is 32.8 Å². The molecule has 0 radical (unpaired) electrons. The number of aromatic nitrogens is 2. The summed E-state index contributed by atoms with van der Waals surface area (Å²) in [7, 11) is 0. The van der Waals surface area contributed by atoms with Gasteiger partial charge in [-0.2, -0.15) is 13.2 Å². The van der Waals surface area contributed by atoms with Gasteiger partial charge in [-0.3, -0.25) is 19.9 Å². The second kappa shape index (κ2) is 8.47. The lowest BCUT2D eigenvalue weighted by Gasteiger charge is -2.11. The minimum absolute atomic E-state index is 0.0207. The molecular formula is C18H17ClF3N3O3. The molecule has 0 aliphatic carbocycles. The number of hydrogen-bond donors (Lipinski definition) is 2. The molecule has 0 unspecified atom stereocenters. The van der Waals surface area contributed by atoms with Crippen molar-refractivity contribution in [2.24, 2.45) is 5.92 Å². The van der Waals surface area contributed by atoms with E-state index >= 15 is 0 Å². The van der Waals surface area contributed by atoms with Gasteiger partial charge in [-0.15, -0.1) is 0 Å². The predicted molar refractivity (Wildman–Crippen MR) is 99.8 cm³/mol. The number of carbonyl (C=O) groups excluding carboxylic acids is 1. The normalized spacial score (nSPS) is 11.4. The number of nitrogens with one attached hydrogen (secondary N) is 1. The number of amides is 1. The molecule has 0 bridgehead atoms. The minimum Gasteiger partial charge on any atom is -0.475 e. The van der Waals surface area contributed by atoms with E-state index in [2.05, 4.69) is 10.4 Å². The Morgan fingerprint density at radius 3 is 2.39 bits per heavy atom. The first-order chi connectivity index (χ1) is 13.0. The predicted octanol–water partition coefficient (Wildman–Crippen LogP) is 4.59. The lowest BCUT2D eigenvalue weighted by atomic mass is 10.1. The number of hydrogen-bond acceptors (Lipinski definition) is 3. The molecule has 10 heteroatoms. The van der Waals surface area contributed by atoms with Crippen LogP contribution in [0.1, 0.15) is 20.3 Å². The smallest absolute Gasteiger partial charge is 0.475 e. The molecule has 0 atom stereocenters. The summed E-state index contributed by atoms with van der Waals surface area (Å²) in [5.74, 6) is -2.47. The number of carboxylic acids is 1. The summed E-state index contributed by atoms with van der Waals surface area (Å²) in [6.45, 7) is 4.04. The first-order valence-electron chi connectivity index (χ1n) is 8.14. The zero-order chi connectivity index (χ0) is 21.1. The molecular weight excluding hydrogens is 399 g/mol. The highest BCUT2D eigenvalue weighted by Crippen LogP contribution is 2.29. The van der Waals surface area contributed by atoms with Gasteiger partial charge < -0.3 is 5.11 Å². The number of carboxylic acid groups (broad SMARTS) is 1. The summed E-state index contributed by atoms with van der Waals surface area (Å²) in [5.41, 5.74) is 4.69. The first-order valence-corrected chi connectivity index (χ1v) is 8.52. The van der Waals surface area contributed by atoms with Crippen molar-refractivity contribution >= 4 is 45.3 Å². The van der Waals surface area contributed by atoms with Crippen molar-refractivity contribution in [3.63, 3.8) is 0 Å². The van der Waals surface area contributed by atoms with Gasteiger partial charge in [0.15, 0.2) is 0 Å². The van der Waals surface area contributed by atoms with Crippen LogP contribution in [0.15, 0.2) is 36.7 Å². The fourth-order valence-electron chi connectivity index (χ4n) is 2.50. The summed E-state index contributed by atoms with van der Waals surface area (Å²) >= 11 is 6.10. The zero-order valence-electron chi connectivity index (χ0n) is 14.9. The summed E-state index contributed by atoms with van der Waals surface area (Å²) in [6, 6.07) is 7.61. The largest absolute Gasteiger partial charge is 0.490 e. The van der Waals surface area contributed by atoms with Crippen LogP contribution in [0.5, 0.6) is 0 Å². The summed E-state index contributed by atoms with van der Waals surface area (Å²) in [5, 5.41) is 9.85. The molecule has 1 aromatic carbocycles. The van der Waals surface area contributed by atoms with Crippen molar-refractivity contribution in [3.8, 4) is 0 Å². The molecule has 2 aromatic heterocycles. The Morgan fingerprint density at radius 2 is 1.82 bits per heavy atom. The summed E-state index contributed by atoms with van der Waals surface area (Å²) in [4.78, 5) is 25.2. The Kier molecular flexibility index (Phi) is 6.50. The summed E-state index contributed by atoms with van der Waals surface area (Å²) < 4.78 is 33.5. The Morgan fingerprint density at radius 1 is 1.21 bits per heavy atom. The highest BCUT2D eigenvalue weighted by atomic mass is 35.5. The fourth-order valence-corrected chi connectivity index (χ4v) is 2.67. The molecule has 3 rings (SSSR count). The van der Waals surface area contributed by atoms with E-state index in [4.69, 9.17) is 21.5 Å². The van der Waals surface area contributed by atoms with Crippen LogP contribution in [-0.2, 0) is 9.59 Å². The molecule has 0 fully saturated rings. The van der Waals surface area contributed by atoms with Gasteiger partial charge in [0.2, 0.25) is 5.91 Å². The second-order valence-electron chi connectivity index (χ2n) is 6.33. The maximum atomic E-state index is 12.1. The van der Waals surface area contributed by atoms with Gasteiger partial charge >= 0.3 is 12.1 Å². The molecule has 0 spiro atoms. The SMILES string of the molecule is CC(C)CC(=O)Nn1c2cnccc2c2ccc(Cl)cc21.O=C(O)C(F)(F)F. The monoisotopic (exact) mass is 415 g/mol. The standard InChI is InChI=1S/C16H16ClN3O.C2HF3O2/c1-10(2)7-16(21)19-20-14-8-11(17)3-4-12(14)13-5-6-18-9-15(13)20;3-2(4,5)1(6)7/h3-6,8-10H,7H2,1-2H3,(H,19,21);(H,6,7). The fraction of sp³-hybridized carbons (Fsp3) is 0.278. The Labute approximate surface area is 162 Å². The van der Waals surface area contributed by atoms with Crippen LogP contribution in [0, 0.1) is 5.92 Å². The van der Waals surface area contributed by atoms with Gasteiger partial charge in [0, 0.05) is 28.4 Å². The van der Waals surface area contributed by atoms with Crippen molar-refractivity contribution < 1.29 is 27.9 Å². The van der Waals surface area contributed by atoms with Crippen molar-refractivity contribution in [2.75, 3.05) is 5.43 Å². The van der Waals surface area contributed by atoms with Crippen LogP contribution in [0.2, 0.25) is 5.02 Å². The molecule has 2 heterocycles. The molecule has 150 valence electrons. The summed E-state index contributed by atoms with van der Waals surface area (Å²) in [6.07, 6.45) is -1.11. The number of alkyl halides is 3. The highest BCUT2D eigenvalue weighted by Gasteiger charge is 2.38. The molecule has 1 amide bonds. The maximum absolute atomic E-state index is 12.1. The van der Waals surface area contributed by atoms with E-state index in [9.17, 15) is 18.0 Å². The van der Waals surface area contributed by atoms with E-state index < -0.39 is 12.1 Å². The average molecular weight is 416 g/mol. The molecule has 6 nitrogen and oxygen atoms in total. The number of nitrogens with zero attached hydrogens (tertiary/aromatic N) is 2. The van der Waals surface area contributed by atoms with Gasteiger partial charge in [0.05, 0.1) is 17.2 Å². The van der Waals surface area contributed by atoms with E-state index in [1.165, 1.54) is 0 Å². The van der Waals surface area contributed by atoms with Gasteiger partial charge in [-0.1, -0.05) is 31.5 Å². The maximum Gasteiger partial charge on any atom is 0.490 e. The van der Waals surface area contributed by atoms with E-state index in [1.54, 1.807) is 17.1 Å². The third-order valence-corrected chi connectivity index (χ3v) is 3.84. The third kappa shape index (κ3) is 5.13. The first kappa shape index (κ1) is 21.5. The molecule has 2 N–H and O–H groups in total.